The quantitative estimate of drug-likeness (QED) is 0.647. The average molecular weight is 260 g/mol. The number of hydrogen-bond acceptors (Lipinski definition) is 2. The lowest BCUT2D eigenvalue weighted by Gasteiger charge is -2.23. The molecule has 1 aliphatic heterocycles. The molecule has 2 aliphatic rings. The Bertz CT molecular complexity index is 510. The Morgan fingerprint density at radius 2 is 2.00 bits per heavy atom. The molecule has 0 amide bonds. The fourth-order valence-corrected chi connectivity index (χ4v) is 4.54. The molecule has 3 rings (SSSR count). The Morgan fingerprint density at radius 3 is 2.82 bits per heavy atom. The maximum Gasteiger partial charge on any atom is 0.0262 e. The smallest absolute Gasteiger partial charge is 0.0262 e. The highest BCUT2D eigenvalue weighted by molar-refractivity contribution is 8.09. The van der Waals surface area contributed by atoms with E-state index in [9.17, 15) is 0 Å². The molecule has 17 heavy (non-hydrogen) atoms. The fraction of sp³-hybridized carbons (Fsp3) is 0.333. The summed E-state index contributed by atoms with van der Waals surface area (Å²) >= 11 is 3.91. The molecule has 0 saturated heterocycles. The first-order chi connectivity index (χ1) is 8.24. The van der Waals surface area contributed by atoms with Gasteiger partial charge in [0.25, 0.3) is 0 Å². The average Bonchev–Trinajstić information content (AvgIpc) is 2.35. The molecule has 1 aromatic rings. The summed E-state index contributed by atoms with van der Waals surface area (Å²) in [5.74, 6) is 0.618. The van der Waals surface area contributed by atoms with Crippen molar-refractivity contribution >= 4 is 23.5 Å². The number of benzene rings is 1. The minimum Gasteiger partial charge on any atom is -0.0922 e. The van der Waals surface area contributed by atoms with E-state index in [0.717, 1.165) is 0 Å². The van der Waals surface area contributed by atoms with Crippen LogP contribution >= 0.6 is 23.5 Å². The topological polar surface area (TPSA) is 0 Å². The third-order valence-corrected chi connectivity index (χ3v) is 5.83. The summed E-state index contributed by atoms with van der Waals surface area (Å²) < 4.78 is 0. The van der Waals surface area contributed by atoms with Crippen LogP contribution in [0.25, 0.3) is 0 Å². The van der Waals surface area contributed by atoms with Crippen LogP contribution in [0.4, 0.5) is 0 Å². The molecule has 0 fully saturated rings. The molecule has 0 aromatic heterocycles. The van der Waals surface area contributed by atoms with Gasteiger partial charge in [-0.15, -0.1) is 0 Å². The fourth-order valence-electron chi connectivity index (χ4n) is 2.11. The second-order valence-corrected chi connectivity index (χ2v) is 7.01. The molecular weight excluding hydrogens is 244 g/mol. The molecule has 1 aromatic carbocycles. The first-order valence-electron chi connectivity index (χ1n) is 6.13. The molecule has 0 bridgehead atoms. The van der Waals surface area contributed by atoms with Gasteiger partial charge in [0.05, 0.1) is 0 Å². The highest BCUT2D eigenvalue weighted by Gasteiger charge is 2.20. The molecule has 0 nitrogen and oxygen atoms in total. The first-order valence-corrected chi connectivity index (χ1v) is 7.76. The summed E-state index contributed by atoms with van der Waals surface area (Å²) in [6, 6.07) is 6.93. The number of rotatable bonds is 1. The van der Waals surface area contributed by atoms with E-state index in [1.54, 1.807) is 4.91 Å². The molecule has 1 aliphatic carbocycles. The second-order valence-electron chi connectivity index (χ2n) is 4.79. The molecule has 0 atom stereocenters. The van der Waals surface area contributed by atoms with E-state index < -0.39 is 0 Å². The maximum absolute atomic E-state index is 2.37. The number of allylic oxidation sites excluding steroid dienone is 3. The van der Waals surface area contributed by atoms with E-state index in [0.29, 0.717) is 5.92 Å². The lowest BCUT2D eigenvalue weighted by Crippen LogP contribution is -1.97. The van der Waals surface area contributed by atoms with Gasteiger partial charge in [-0.1, -0.05) is 55.6 Å². The summed E-state index contributed by atoms with van der Waals surface area (Å²) in [4.78, 5) is 5.90. The van der Waals surface area contributed by atoms with Gasteiger partial charge in [-0.3, -0.25) is 0 Å². The first kappa shape index (κ1) is 11.5. The summed E-state index contributed by atoms with van der Waals surface area (Å²) in [5, 5.41) is 0. The highest BCUT2D eigenvalue weighted by atomic mass is 32.2. The van der Waals surface area contributed by atoms with E-state index in [4.69, 9.17) is 0 Å². The SMILES string of the molecule is CC(C)c1ccc2c(c1)SC1=C(C=CCC1)S2. The van der Waals surface area contributed by atoms with Crippen LogP contribution < -0.4 is 0 Å². The van der Waals surface area contributed by atoms with Gasteiger partial charge in [0.15, 0.2) is 0 Å². The van der Waals surface area contributed by atoms with Gasteiger partial charge in [0.1, 0.15) is 0 Å². The van der Waals surface area contributed by atoms with E-state index in [1.165, 1.54) is 33.1 Å². The molecule has 0 N–H and O–H groups in total. The van der Waals surface area contributed by atoms with Crippen LogP contribution in [0.15, 0.2) is 50.0 Å². The zero-order chi connectivity index (χ0) is 11.8. The lowest BCUT2D eigenvalue weighted by molar-refractivity contribution is 0.857. The van der Waals surface area contributed by atoms with Crippen molar-refractivity contribution in [1.82, 2.24) is 0 Å². The van der Waals surface area contributed by atoms with E-state index in [1.807, 2.05) is 23.5 Å². The van der Waals surface area contributed by atoms with Crippen LogP contribution in [0.2, 0.25) is 0 Å². The molecule has 0 spiro atoms. The summed E-state index contributed by atoms with van der Waals surface area (Å²) in [7, 11) is 0. The Hall–Kier alpha value is -0.600. The Labute approximate surface area is 112 Å². The molecule has 0 unspecified atom stereocenters. The molecule has 0 radical (unpaired) electrons. The molecule has 2 heteroatoms. The van der Waals surface area contributed by atoms with Gasteiger partial charge in [-0.25, -0.2) is 0 Å². The van der Waals surface area contributed by atoms with E-state index in [-0.39, 0.29) is 0 Å². The van der Waals surface area contributed by atoms with Crippen molar-refractivity contribution in [2.45, 2.75) is 42.4 Å². The van der Waals surface area contributed by atoms with Gasteiger partial charge in [0.2, 0.25) is 0 Å². The Balaban J connectivity index is 1.97. The second kappa shape index (κ2) is 4.58. The van der Waals surface area contributed by atoms with Crippen molar-refractivity contribution in [3.05, 3.63) is 45.7 Å². The van der Waals surface area contributed by atoms with Gasteiger partial charge >= 0.3 is 0 Å². The monoisotopic (exact) mass is 260 g/mol. The minimum absolute atomic E-state index is 0.618. The van der Waals surface area contributed by atoms with Gasteiger partial charge < -0.3 is 0 Å². The predicted molar refractivity (Wildman–Crippen MR) is 77.6 cm³/mol. The normalized spacial score (nSPS) is 18.3. The van der Waals surface area contributed by atoms with Crippen molar-refractivity contribution in [3.8, 4) is 0 Å². The van der Waals surface area contributed by atoms with Crippen molar-refractivity contribution in [3.63, 3.8) is 0 Å². The maximum atomic E-state index is 2.37. The van der Waals surface area contributed by atoms with E-state index in [2.05, 4.69) is 44.2 Å². The molecule has 1 heterocycles. The zero-order valence-electron chi connectivity index (χ0n) is 10.2. The van der Waals surface area contributed by atoms with Gasteiger partial charge in [-0.05, 0) is 36.5 Å². The summed E-state index contributed by atoms with van der Waals surface area (Å²) in [6.45, 7) is 4.52. The third-order valence-electron chi connectivity index (χ3n) is 3.17. The molecule has 0 saturated carbocycles. The number of fused-ring (bicyclic) bond motifs is 1. The van der Waals surface area contributed by atoms with Crippen LogP contribution in [0.3, 0.4) is 0 Å². The zero-order valence-corrected chi connectivity index (χ0v) is 11.8. The Morgan fingerprint density at radius 1 is 1.12 bits per heavy atom. The van der Waals surface area contributed by atoms with Crippen LogP contribution in [0.1, 0.15) is 38.2 Å². The summed E-state index contributed by atoms with van der Waals surface area (Å²) in [5.41, 5.74) is 1.45. The van der Waals surface area contributed by atoms with Crippen LogP contribution in [-0.4, -0.2) is 0 Å². The lowest BCUT2D eigenvalue weighted by atomic mass is 10.0. The van der Waals surface area contributed by atoms with Crippen molar-refractivity contribution in [2.75, 3.05) is 0 Å². The molecule has 88 valence electrons. The van der Waals surface area contributed by atoms with Crippen molar-refractivity contribution < 1.29 is 0 Å². The number of hydrogen-bond donors (Lipinski definition) is 0. The standard InChI is InChI=1S/C15H16S2/c1-10(2)11-7-8-14-15(9-11)17-13-6-4-3-5-12(13)16-14/h3,5,7-10H,4,6H2,1-2H3. The minimum atomic E-state index is 0.618. The Kier molecular flexibility index (Phi) is 3.10. The third kappa shape index (κ3) is 2.21. The number of thioether (sulfide) groups is 2. The van der Waals surface area contributed by atoms with Crippen molar-refractivity contribution in [2.24, 2.45) is 0 Å². The van der Waals surface area contributed by atoms with Crippen LogP contribution in [-0.2, 0) is 0 Å². The van der Waals surface area contributed by atoms with Crippen LogP contribution in [0.5, 0.6) is 0 Å². The van der Waals surface area contributed by atoms with Gasteiger partial charge in [-0.2, -0.15) is 0 Å². The summed E-state index contributed by atoms with van der Waals surface area (Å²) in [6.07, 6.45) is 7.00. The van der Waals surface area contributed by atoms with E-state index >= 15 is 0 Å². The highest BCUT2D eigenvalue weighted by Crippen LogP contribution is 2.50. The predicted octanol–water partition coefficient (Wildman–Crippen LogP) is 5.57. The van der Waals surface area contributed by atoms with Crippen LogP contribution in [0, 0.1) is 0 Å². The van der Waals surface area contributed by atoms with Crippen molar-refractivity contribution in [1.29, 1.82) is 0 Å². The molecular formula is C15H16S2. The largest absolute Gasteiger partial charge is 0.0922 e. The van der Waals surface area contributed by atoms with Gasteiger partial charge in [0, 0.05) is 19.6 Å².